The molecule has 0 aliphatic carbocycles. The average molecular weight is 361 g/mol. The highest BCUT2D eigenvalue weighted by molar-refractivity contribution is 9.10. The van der Waals surface area contributed by atoms with Crippen LogP contribution in [0, 0.1) is 11.3 Å². The Balaban J connectivity index is 1.86. The number of nitriles is 1. The molecule has 2 aromatic rings. The molecule has 0 fully saturated rings. The molecular weight excluding hydrogens is 348 g/mol. The van der Waals surface area contributed by atoms with Crippen LogP contribution in [0.1, 0.15) is 12.0 Å². The van der Waals surface area contributed by atoms with Gasteiger partial charge in [-0.15, -0.1) is 11.8 Å². The minimum absolute atomic E-state index is 0.0859. The number of benzene rings is 2. The van der Waals surface area contributed by atoms with Gasteiger partial charge in [-0.3, -0.25) is 4.79 Å². The van der Waals surface area contributed by atoms with Crippen molar-refractivity contribution in [1.82, 2.24) is 0 Å². The van der Waals surface area contributed by atoms with Crippen molar-refractivity contribution in [3.8, 4) is 6.07 Å². The lowest BCUT2D eigenvalue weighted by atomic mass is 10.2. The number of amides is 1. The molecule has 0 aromatic heterocycles. The molecule has 1 amide bonds. The highest BCUT2D eigenvalue weighted by Crippen LogP contribution is 2.27. The number of nitrogens with one attached hydrogen (secondary N) is 1. The second kappa shape index (κ2) is 7.87. The Labute approximate surface area is 136 Å². The lowest BCUT2D eigenvalue weighted by Crippen LogP contribution is -2.13. The maximum absolute atomic E-state index is 11.9. The van der Waals surface area contributed by atoms with E-state index in [1.54, 1.807) is 36.0 Å². The summed E-state index contributed by atoms with van der Waals surface area (Å²) in [6.07, 6.45) is 0.395. The summed E-state index contributed by atoms with van der Waals surface area (Å²) in [7, 11) is 0. The summed E-state index contributed by atoms with van der Waals surface area (Å²) in [5, 5.41) is 11.8. The van der Waals surface area contributed by atoms with Gasteiger partial charge < -0.3 is 5.32 Å². The summed E-state index contributed by atoms with van der Waals surface area (Å²) in [6, 6.07) is 17.0. The summed E-state index contributed by atoms with van der Waals surface area (Å²) >= 11 is 5.10. The molecule has 0 bridgehead atoms. The fraction of sp³-hybridized carbons (Fsp3) is 0.125. The molecule has 0 atom stereocenters. The number of halogens is 1. The summed E-state index contributed by atoms with van der Waals surface area (Å²) in [5.74, 6) is 0.598. The summed E-state index contributed by atoms with van der Waals surface area (Å²) in [6.45, 7) is 0. The van der Waals surface area contributed by atoms with Crippen LogP contribution in [0.4, 0.5) is 5.69 Å². The average Bonchev–Trinajstić information content (AvgIpc) is 2.50. The van der Waals surface area contributed by atoms with E-state index in [2.05, 4.69) is 27.3 Å². The van der Waals surface area contributed by atoms with Gasteiger partial charge in [0.2, 0.25) is 5.91 Å². The zero-order valence-electron chi connectivity index (χ0n) is 11.2. The third-order valence-corrected chi connectivity index (χ3v) is 4.77. The second-order valence-corrected chi connectivity index (χ2v) is 6.23. The molecule has 3 nitrogen and oxygen atoms in total. The fourth-order valence-electron chi connectivity index (χ4n) is 1.72. The lowest BCUT2D eigenvalue weighted by molar-refractivity contribution is -0.115. The smallest absolute Gasteiger partial charge is 0.225 e. The third kappa shape index (κ3) is 4.62. The molecule has 21 heavy (non-hydrogen) atoms. The first kappa shape index (κ1) is 15.6. The van der Waals surface area contributed by atoms with Gasteiger partial charge in [0.25, 0.3) is 0 Å². The van der Waals surface area contributed by atoms with Crippen molar-refractivity contribution in [3.63, 3.8) is 0 Å². The molecule has 0 radical (unpaired) electrons. The van der Waals surface area contributed by atoms with Crippen molar-refractivity contribution in [2.24, 2.45) is 0 Å². The van der Waals surface area contributed by atoms with Crippen LogP contribution in [-0.2, 0) is 4.79 Å². The van der Waals surface area contributed by atoms with Gasteiger partial charge in [0.1, 0.15) is 6.07 Å². The molecule has 0 unspecified atom stereocenters. The standard InChI is InChI=1S/C16H13BrN2OS/c17-13-6-2-4-8-15(13)21-10-9-16(20)19-14-7-3-1-5-12(14)11-18/h1-8H,9-10H2,(H,19,20). The first-order chi connectivity index (χ1) is 10.2. The normalized spacial score (nSPS) is 9.90. The van der Waals surface area contributed by atoms with Crippen molar-refractivity contribution < 1.29 is 4.79 Å². The SMILES string of the molecule is N#Cc1ccccc1NC(=O)CCSc1ccccc1Br. The predicted octanol–water partition coefficient (Wildman–Crippen LogP) is 4.44. The van der Waals surface area contributed by atoms with Crippen LogP contribution in [-0.4, -0.2) is 11.7 Å². The maximum atomic E-state index is 11.9. The van der Waals surface area contributed by atoms with Gasteiger partial charge in [0, 0.05) is 21.5 Å². The van der Waals surface area contributed by atoms with Gasteiger partial charge >= 0.3 is 0 Å². The molecule has 0 saturated heterocycles. The van der Waals surface area contributed by atoms with Crippen LogP contribution in [0.15, 0.2) is 57.9 Å². The highest BCUT2D eigenvalue weighted by atomic mass is 79.9. The van der Waals surface area contributed by atoms with Crippen molar-refractivity contribution in [1.29, 1.82) is 5.26 Å². The molecular formula is C16H13BrN2OS. The monoisotopic (exact) mass is 360 g/mol. The van der Waals surface area contributed by atoms with Crippen LogP contribution in [0.25, 0.3) is 0 Å². The first-order valence-electron chi connectivity index (χ1n) is 6.37. The molecule has 0 heterocycles. The van der Waals surface area contributed by atoms with E-state index in [-0.39, 0.29) is 5.91 Å². The minimum atomic E-state index is -0.0859. The van der Waals surface area contributed by atoms with Gasteiger partial charge in [-0.1, -0.05) is 24.3 Å². The molecule has 2 aromatic carbocycles. The summed E-state index contributed by atoms with van der Waals surface area (Å²) in [4.78, 5) is 13.0. The molecule has 0 spiro atoms. The number of para-hydroxylation sites is 1. The van der Waals surface area contributed by atoms with E-state index < -0.39 is 0 Å². The van der Waals surface area contributed by atoms with E-state index in [4.69, 9.17) is 5.26 Å². The number of carbonyl (C=O) groups excluding carboxylic acids is 1. The largest absolute Gasteiger partial charge is 0.325 e. The third-order valence-electron chi connectivity index (χ3n) is 2.74. The minimum Gasteiger partial charge on any atom is -0.325 e. The zero-order valence-corrected chi connectivity index (χ0v) is 13.6. The lowest BCUT2D eigenvalue weighted by Gasteiger charge is -2.07. The molecule has 5 heteroatoms. The topological polar surface area (TPSA) is 52.9 Å². The Hall–Kier alpha value is -1.77. The number of nitrogens with zero attached hydrogens (tertiary/aromatic N) is 1. The van der Waals surface area contributed by atoms with Crippen LogP contribution in [0.5, 0.6) is 0 Å². The van der Waals surface area contributed by atoms with Crippen LogP contribution >= 0.6 is 27.7 Å². The van der Waals surface area contributed by atoms with Crippen molar-refractivity contribution in [2.45, 2.75) is 11.3 Å². The second-order valence-electron chi connectivity index (χ2n) is 4.23. The van der Waals surface area contributed by atoms with Gasteiger partial charge in [0.05, 0.1) is 11.3 Å². The van der Waals surface area contributed by atoms with Crippen molar-refractivity contribution >= 4 is 39.3 Å². The fourth-order valence-corrected chi connectivity index (χ4v) is 3.23. The van der Waals surface area contributed by atoms with Gasteiger partial charge in [0.15, 0.2) is 0 Å². The number of thioether (sulfide) groups is 1. The molecule has 106 valence electrons. The van der Waals surface area contributed by atoms with Gasteiger partial charge in [-0.25, -0.2) is 0 Å². The number of carbonyl (C=O) groups is 1. The zero-order chi connectivity index (χ0) is 15.1. The van der Waals surface area contributed by atoms with Crippen molar-refractivity contribution in [2.75, 3.05) is 11.1 Å². The Morgan fingerprint density at radius 2 is 1.90 bits per heavy atom. The molecule has 0 saturated carbocycles. The quantitative estimate of drug-likeness (QED) is 0.801. The summed E-state index contributed by atoms with van der Waals surface area (Å²) in [5.41, 5.74) is 1.04. The Kier molecular flexibility index (Phi) is 5.85. The molecule has 2 rings (SSSR count). The Morgan fingerprint density at radius 3 is 2.67 bits per heavy atom. The molecule has 0 aliphatic heterocycles. The van der Waals surface area contributed by atoms with Gasteiger partial charge in [-0.05, 0) is 40.2 Å². The van der Waals surface area contributed by atoms with E-state index in [1.165, 1.54) is 0 Å². The van der Waals surface area contributed by atoms with E-state index in [0.717, 1.165) is 9.37 Å². The predicted molar refractivity (Wildman–Crippen MR) is 89.3 cm³/mol. The van der Waals surface area contributed by atoms with E-state index in [0.29, 0.717) is 23.4 Å². The van der Waals surface area contributed by atoms with E-state index >= 15 is 0 Å². The Morgan fingerprint density at radius 1 is 1.19 bits per heavy atom. The van der Waals surface area contributed by atoms with Crippen LogP contribution in [0.3, 0.4) is 0 Å². The molecule has 1 N–H and O–H groups in total. The number of hydrogen-bond acceptors (Lipinski definition) is 3. The maximum Gasteiger partial charge on any atom is 0.225 e. The van der Waals surface area contributed by atoms with E-state index in [1.807, 2.05) is 24.3 Å². The number of rotatable bonds is 5. The molecule has 0 aliphatic rings. The highest BCUT2D eigenvalue weighted by Gasteiger charge is 2.07. The van der Waals surface area contributed by atoms with Crippen LogP contribution < -0.4 is 5.32 Å². The van der Waals surface area contributed by atoms with Crippen LogP contribution in [0.2, 0.25) is 0 Å². The summed E-state index contributed by atoms with van der Waals surface area (Å²) < 4.78 is 1.03. The number of anilines is 1. The van der Waals surface area contributed by atoms with Gasteiger partial charge in [-0.2, -0.15) is 5.26 Å². The first-order valence-corrected chi connectivity index (χ1v) is 8.15. The van der Waals surface area contributed by atoms with E-state index in [9.17, 15) is 4.79 Å². The number of hydrogen-bond donors (Lipinski definition) is 1. The Bertz CT molecular complexity index is 682. The van der Waals surface area contributed by atoms with Crippen molar-refractivity contribution in [3.05, 3.63) is 58.6 Å².